The smallest absolute Gasteiger partial charge is 0.346 e. The van der Waals surface area contributed by atoms with E-state index in [9.17, 15) is 13.2 Å². The Balaban J connectivity index is 2.30. The number of fused-ring (bicyclic) bond motifs is 1. The molecule has 0 spiro atoms. The van der Waals surface area contributed by atoms with E-state index >= 15 is 0 Å². The standard InChI is InChI=1S/C12H16N2O6S/c1-19-7-6-13-21(17,18)14-8-11(12(15)16)20-10-5-3-2-4-9(10)14/h2-5,11,13H,6-8H2,1H3,(H,15,16). The van der Waals surface area contributed by atoms with Crippen molar-refractivity contribution >= 4 is 21.9 Å². The molecule has 0 aromatic heterocycles. The molecule has 0 saturated carbocycles. The minimum atomic E-state index is -3.88. The molecule has 1 aromatic rings. The molecule has 0 fully saturated rings. The lowest BCUT2D eigenvalue weighted by Gasteiger charge is -2.33. The summed E-state index contributed by atoms with van der Waals surface area (Å²) in [4.78, 5) is 11.1. The summed E-state index contributed by atoms with van der Waals surface area (Å²) >= 11 is 0. The minimum absolute atomic E-state index is 0.0933. The molecule has 2 N–H and O–H groups in total. The molecule has 1 atom stereocenters. The first-order valence-electron chi connectivity index (χ1n) is 6.20. The van der Waals surface area contributed by atoms with E-state index < -0.39 is 22.3 Å². The first-order valence-corrected chi connectivity index (χ1v) is 7.64. The van der Waals surface area contributed by atoms with Crippen molar-refractivity contribution in [2.45, 2.75) is 6.10 Å². The van der Waals surface area contributed by atoms with Gasteiger partial charge in [0.15, 0.2) is 0 Å². The molecule has 116 valence electrons. The van der Waals surface area contributed by atoms with E-state index in [0.29, 0.717) is 5.69 Å². The Bertz CT molecular complexity index is 618. The third kappa shape index (κ3) is 3.43. The molecule has 0 radical (unpaired) electrons. The van der Waals surface area contributed by atoms with Crippen molar-refractivity contribution in [1.29, 1.82) is 0 Å². The average molecular weight is 316 g/mol. The summed E-state index contributed by atoms with van der Waals surface area (Å²) in [6.07, 6.45) is -1.25. The van der Waals surface area contributed by atoms with Gasteiger partial charge in [0.25, 0.3) is 0 Å². The summed E-state index contributed by atoms with van der Waals surface area (Å²) < 4.78 is 38.0. The van der Waals surface area contributed by atoms with Crippen LogP contribution >= 0.6 is 0 Å². The molecular formula is C12H16N2O6S. The van der Waals surface area contributed by atoms with Gasteiger partial charge in [-0.15, -0.1) is 0 Å². The highest BCUT2D eigenvalue weighted by molar-refractivity contribution is 7.90. The Labute approximate surface area is 122 Å². The van der Waals surface area contributed by atoms with Crippen molar-refractivity contribution in [2.75, 3.05) is 31.1 Å². The van der Waals surface area contributed by atoms with Crippen molar-refractivity contribution in [3.63, 3.8) is 0 Å². The summed E-state index contributed by atoms with van der Waals surface area (Å²) in [5.74, 6) is -1.00. The van der Waals surface area contributed by atoms with E-state index in [2.05, 4.69) is 4.72 Å². The number of anilines is 1. The van der Waals surface area contributed by atoms with Crippen LogP contribution in [0, 0.1) is 0 Å². The van der Waals surface area contributed by atoms with Crippen LogP contribution in [0.3, 0.4) is 0 Å². The molecule has 1 aromatic carbocycles. The minimum Gasteiger partial charge on any atom is -0.478 e. The molecule has 1 heterocycles. The zero-order valence-corrected chi connectivity index (χ0v) is 12.2. The lowest BCUT2D eigenvalue weighted by atomic mass is 10.2. The molecule has 0 amide bonds. The van der Waals surface area contributed by atoms with Gasteiger partial charge in [-0.3, -0.25) is 0 Å². The SMILES string of the molecule is COCCNS(=O)(=O)N1CC(C(=O)O)Oc2ccccc21. The fraction of sp³-hybridized carbons (Fsp3) is 0.417. The number of methoxy groups -OCH3 is 1. The number of rotatable bonds is 6. The van der Waals surface area contributed by atoms with Gasteiger partial charge in [0.1, 0.15) is 5.75 Å². The maximum Gasteiger partial charge on any atom is 0.346 e. The van der Waals surface area contributed by atoms with Gasteiger partial charge in [0, 0.05) is 13.7 Å². The van der Waals surface area contributed by atoms with Gasteiger partial charge in [0.2, 0.25) is 6.10 Å². The van der Waals surface area contributed by atoms with E-state index in [-0.39, 0.29) is 25.4 Å². The number of aliphatic carboxylic acids is 1. The Hall–Kier alpha value is -1.84. The van der Waals surface area contributed by atoms with Crippen LogP contribution in [0.1, 0.15) is 0 Å². The lowest BCUT2D eigenvalue weighted by Crippen LogP contribution is -2.51. The predicted octanol–water partition coefficient (Wildman–Crippen LogP) is -0.181. The Morgan fingerprint density at radius 1 is 1.52 bits per heavy atom. The molecule has 9 heteroatoms. The molecule has 21 heavy (non-hydrogen) atoms. The van der Waals surface area contributed by atoms with Crippen LogP contribution in [0.2, 0.25) is 0 Å². The first-order chi connectivity index (χ1) is 9.95. The van der Waals surface area contributed by atoms with Crippen LogP contribution in [-0.4, -0.2) is 52.4 Å². The number of hydrogen-bond acceptors (Lipinski definition) is 5. The van der Waals surface area contributed by atoms with E-state index in [4.69, 9.17) is 14.6 Å². The van der Waals surface area contributed by atoms with Crippen molar-refractivity contribution in [1.82, 2.24) is 4.72 Å². The fourth-order valence-electron chi connectivity index (χ4n) is 1.91. The molecule has 0 bridgehead atoms. The van der Waals surface area contributed by atoms with Gasteiger partial charge in [-0.05, 0) is 12.1 Å². The van der Waals surface area contributed by atoms with Gasteiger partial charge in [-0.25, -0.2) is 9.10 Å². The van der Waals surface area contributed by atoms with Crippen molar-refractivity contribution < 1.29 is 27.8 Å². The summed E-state index contributed by atoms with van der Waals surface area (Å²) in [7, 11) is -2.42. The molecule has 0 aliphatic carbocycles. The summed E-state index contributed by atoms with van der Waals surface area (Å²) in [5, 5.41) is 9.07. The normalized spacial score (nSPS) is 18.0. The Morgan fingerprint density at radius 3 is 2.90 bits per heavy atom. The zero-order valence-electron chi connectivity index (χ0n) is 11.4. The molecule has 1 aliphatic rings. The van der Waals surface area contributed by atoms with Crippen molar-refractivity contribution in [3.8, 4) is 5.75 Å². The number of para-hydroxylation sites is 2. The fourth-order valence-corrected chi connectivity index (χ4v) is 3.15. The molecule has 2 rings (SSSR count). The number of nitrogens with one attached hydrogen (secondary N) is 1. The van der Waals surface area contributed by atoms with Crippen molar-refractivity contribution in [2.24, 2.45) is 0 Å². The second kappa shape index (κ2) is 6.29. The molecule has 1 unspecified atom stereocenters. The van der Waals surface area contributed by atoms with Gasteiger partial charge in [0.05, 0.1) is 18.8 Å². The highest BCUT2D eigenvalue weighted by Gasteiger charge is 2.36. The van der Waals surface area contributed by atoms with E-state index in [1.54, 1.807) is 18.2 Å². The maximum absolute atomic E-state index is 12.3. The van der Waals surface area contributed by atoms with Crippen LogP contribution in [0.4, 0.5) is 5.69 Å². The number of carbonyl (C=O) groups is 1. The predicted molar refractivity (Wildman–Crippen MR) is 74.6 cm³/mol. The van der Waals surface area contributed by atoms with Crippen LogP contribution in [0.25, 0.3) is 0 Å². The molecule has 8 nitrogen and oxygen atoms in total. The van der Waals surface area contributed by atoms with Crippen molar-refractivity contribution in [3.05, 3.63) is 24.3 Å². The summed E-state index contributed by atoms with van der Waals surface area (Å²) in [5.41, 5.74) is 0.305. The van der Waals surface area contributed by atoms with Gasteiger partial charge < -0.3 is 14.6 Å². The van der Waals surface area contributed by atoms with Crippen LogP contribution in [0.15, 0.2) is 24.3 Å². The number of nitrogens with zero attached hydrogens (tertiary/aromatic N) is 1. The number of benzene rings is 1. The largest absolute Gasteiger partial charge is 0.478 e. The summed E-state index contributed by atoms with van der Waals surface area (Å²) in [6, 6.07) is 6.39. The summed E-state index contributed by atoms with van der Waals surface area (Å²) in [6.45, 7) is 0.0122. The van der Waals surface area contributed by atoms with Crippen LogP contribution < -0.4 is 13.8 Å². The monoisotopic (exact) mass is 316 g/mol. The number of ether oxygens (including phenoxy) is 2. The molecule has 0 saturated heterocycles. The zero-order chi connectivity index (χ0) is 15.5. The quantitative estimate of drug-likeness (QED) is 0.705. The van der Waals surface area contributed by atoms with E-state index in [0.717, 1.165) is 4.31 Å². The topological polar surface area (TPSA) is 105 Å². The number of carboxylic acid groups (broad SMARTS) is 1. The van der Waals surface area contributed by atoms with Gasteiger partial charge in [-0.1, -0.05) is 12.1 Å². The average Bonchev–Trinajstić information content (AvgIpc) is 2.46. The van der Waals surface area contributed by atoms with Crippen LogP contribution in [0.5, 0.6) is 5.75 Å². The third-order valence-electron chi connectivity index (χ3n) is 2.89. The molecule has 1 aliphatic heterocycles. The number of hydrogen-bond donors (Lipinski definition) is 2. The second-order valence-electron chi connectivity index (χ2n) is 4.34. The third-order valence-corrected chi connectivity index (χ3v) is 4.39. The Kier molecular flexibility index (Phi) is 4.66. The van der Waals surface area contributed by atoms with E-state index in [1.807, 2.05) is 0 Å². The Morgan fingerprint density at radius 2 is 2.24 bits per heavy atom. The van der Waals surface area contributed by atoms with Gasteiger partial charge in [-0.2, -0.15) is 13.1 Å². The van der Waals surface area contributed by atoms with Gasteiger partial charge >= 0.3 is 16.2 Å². The second-order valence-corrected chi connectivity index (χ2v) is 6.02. The lowest BCUT2D eigenvalue weighted by molar-refractivity contribution is -0.144. The highest BCUT2D eigenvalue weighted by atomic mass is 32.2. The van der Waals surface area contributed by atoms with E-state index in [1.165, 1.54) is 13.2 Å². The number of carboxylic acids is 1. The highest BCUT2D eigenvalue weighted by Crippen LogP contribution is 2.34. The first kappa shape index (κ1) is 15.5. The van der Waals surface area contributed by atoms with Crippen LogP contribution in [-0.2, 0) is 19.7 Å². The maximum atomic E-state index is 12.3. The molecular weight excluding hydrogens is 300 g/mol.